The first kappa shape index (κ1) is 15.0. The second kappa shape index (κ2) is 8.11. The smallest absolute Gasteiger partial charge is 0.305 e. The molecule has 0 spiro atoms. The van der Waals surface area contributed by atoms with Gasteiger partial charge >= 0.3 is 5.97 Å². The lowest BCUT2D eigenvalue weighted by molar-refractivity contribution is -0.140. The van der Waals surface area contributed by atoms with Gasteiger partial charge in [-0.1, -0.05) is 12.1 Å². The number of hydrogen-bond donors (Lipinski definition) is 1. The fraction of sp³-hybridized carbons (Fsp3) is 0.462. The molecule has 0 aromatic heterocycles. The number of carbonyl (C=O) groups is 1. The maximum absolute atomic E-state index is 11.0. The van der Waals surface area contributed by atoms with Gasteiger partial charge in [-0.05, 0) is 35.5 Å². The summed E-state index contributed by atoms with van der Waals surface area (Å²) in [6.07, 6.45) is 1.02. The first-order chi connectivity index (χ1) is 8.69. The number of hydrogen-bond acceptors (Lipinski definition) is 4. The zero-order valence-electron chi connectivity index (χ0n) is 10.7. The Morgan fingerprint density at radius 1 is 1.44 bits per heavy atom. The van der Waals surface area contributed by atoms with Gasteiger partial charge in [-0.2, -0.15) is 0 Å². The molecule has 0 aliphatic rings. The number of nitrogens with one attached hydrogen (secondary N) is 1. The van der Waals surface area contributed by atoms with Crippen molar-refractivity contribution in [3.05, 3.63) is 28.2 Å². The summed E-state index contributed by atoms with van der Waals surface area (Å²) < 4.78 is 11.2. The molecule has 0 aliphatic carbocycles. The van der Waals surface area contributed by atoms with Crippen LogP contribution < -0.4 is 10.1 Å². The van der Waals surface area contributed by atoms with Crippen molar-refractivity contribution >= 4 is 21.9 Å². The van der Waals surface area contributed by atoms with E-state index < -0.39 is 0 Å². The Labute approximate surface area is 116 Å². The van der Waals surface area contributed by atoms with Gasteiger partial charge in [0.25, 0.3) is 0 Å². The van der Waals surface area contributed by atoms with E-state index in [1.54, 1.807) is 0 Å². The molecule has 0 atom stereocenters. The quantitative estimate of drug-likeness (QED) is 0.620. The summed E-state index contributed by atoms with van der Waals surface area (Å²) in [5.74, 6) is 0.623. The van der Waals surface area contributed by atoms with Crippen molar-refractivity contribution in [3.63, 3.8) is 0 Å². The third kappa shape index (κ3) is 4.66. The number of methoxy groups -OCH3 is 1. The highest BCUT2D eigenvalue weighted by atomic mass is 79.9. The molecule has 1 rings (SSSR count). The largest absolute Gasteiger partial charge is 0.492 e. The van der Waals surface area contributed by atoms with Crippen LogP contribution in [0.2, 0.25) is 0 Å². The topological polar surface area (TPSA) is 47.6 Å². The molecule has 0 heterocycles. The maximum atomic E-state index is 11.0. The molecule has 0 radical (unpaired) electrons. The Kier molecular flexibility index (Phi) is 6.75. The SMILES string of the molecule is CNCc1cccc(Br)c1OCCCC(=O)OC. The zero-order valence-corrected chi connectivity index (χ0v) is 12.2. The minimum atomic E-state index is -0.207. The molecule has 0 bridgehead atoms. The number of rotatable bonds is 7. The van der Waals surface area contributed by atoms with E-state index in [4.69, 9.17) is 4.74 Å². The molecule has 0 aliphatic heterocycles. The Morgan fingerprint density at radius 2 is 2.22 bits per heavy atom. The molecule has 0 unspecified atom stereocenters. The van der Waals surface area contributed by atoms with Crippen LogP contribution in [0.4, 0.5) is 0 Å². The molecule has 18 heavy (non-hydrogen) atoms. The van der Waals surface area contributed by atoms with Crippen molar-refractivity contribution in [3.8, 4) is 5.75 Å². The normalized spacial score (nSPS) is 10.2. The lowest BCUT2D eigenvalue weighted by atomic mass is 10.2. The van der Waals surface area contributed by atoms with Crippen molar-refractivity contribution in [1.29, 1.82) is 0 Å². The monoisotopic (exact) mass is 315 g/mol. The molecule has 5 heteroatoms. The van der Waals surface area contributed by atoms with E-state index in [2.05, 4.69) is 26.0 Å². The number of carbonyl (C=O) groups excluding carboxylic acids is 1. The van der Waals surface area contributed by atoms with Gasteiger partial charge in [-0.15, -0.1) is 0 Å². The van der Waals surface area contributed by atoms with E-state index >= 15 is 0 Å². The van der Waals surface area contributed by atoms with Crippen LogP contribution in [-0.4, -0.2) is 26.7 Å². The average molecular weight is 316 g/mol. The molecule has 1 aromatic carbocycles. The lowest BCUT2D eigenvalue weighted by Crippen LogP contribution is -2.09. The van der Waals surface area contributed by atoms with Gasteiger partial charge in [0.2, 0.25) is 0 Å². The summed E-state index contributed by atoms with van der Waals surface area (Å²) in [6.45, 7) is 1.24. The van der Waals surface area contributed by atoms with Gasteiger partial charge in [0, 0.05) is 18.5 Å². The van der Waals surface area contributed by atoms with Crippen LogP contribution in [0.25, 0.3) is 0 Å². The Morgan fingerprint density at radius 3 is 2.89 bits per heavy atom. The first-order valence-corrected chi connectivity index (χ1v) is 6.60. The Bertz CT molecular complexity index is 396. The molecule has 0 amide bonds. The molecule has 0 fully saturated rings. The summed E-state index contributed by atoms with van der Waals surface area (Å²) in [6, 6.07) is 5.92. The molecular formula is C13H18BrNO3. The summed E-state index contributed by atoms with van der Waals surface area (Å²) in [5, 5.41) is 3.09. The van der Waals surface area contributed by atoms with Crippen LogP contribution in [0.5, 0.6) is 5.75 Å². The fourth-order valence-electron chi connectivity index (χ4n) is 1.54. The van der Waals surface area contributed by atoms with Gasteiger partial charge in [0.15, 0.2) is 0 Å². The molecule has 0 saturated carbocycles. The van der Waals surface area contributed by atoms with Crippen molar-refractivity contribution in [2.45, 2.75) is 19.4 Å². The molecular weight excluding hydrogens is 298 g/mol. The van der Waals surface area contributed by atoms with Gasteiger partial charge in [0.05, 0.1) is 18.2 Å². The predicted molar refractivity (Wildman–Crippen MR) is 73.7 cm³/mol. The minimum Gasteiger partial charge on any atom is -0.492 e. The fourth-order valence-corrected chi connectivity index (χ4v) is 2.06. The number of halogens is 1. The van der Waals surface area contributed by atoms with Crippen molar-refractivity contribution < 1.29 is 14.3 Å². The maximum Gasteiger partial charge on any atom is 0.305 e. The van der Waals surface area contributed by atoms with Crippen molar-refractivity contribution in [2.75, 3.05) is 20.8 Å². The van der Waals surface area contributed by atoms with Gasteiger partial charge in [0.1, 0.15) is 5.75 Å². The third-order valence-electron chi connectivity index (χ3n) is 2.42. The van der Waals surface area contributed by atoms with Crippen LogP contribution in [0.3, 0.4) is 0 Å². The Hall–Kier alpha value is -1.07. The van der Waals surface area contributed by atoms with E-state index in [-0.39, 0.29) is 5.97 Å². The summed E-state index contributed by atoms with van der Waals surface area (Å²) in [7, 11) is 3.28. The lowest BCUT2D eigenvalue weighted by Gasteiger charge is -2.12. The number of esters is 1. The second-order valence-electron chi connectivity index (χ2n) is 3.79. The summed E-state index contributed by atoms with van der Waals surface area (Å²) in [4.78, 5) is 11.0. The van der Waals surface area contributed by atoms with Gasteiger partial charge < -0.3 is 14.8 Å². The Balaban J connectivity index is 2.52. The van der Waals surface area contributed by atoms with Crippen molar-refractivity contribution in [2.24, 2.45) is 0 Å². The summed E-state index contributed by atoms with van der Waals surface area (Å²) in [5.41, 5.74) is 1.09. The third-order valence-corrected chi connectivity index (χ3v) is 3.04. The van der Waals surface area contributed by atoms with E-state index in [0.717, 1.165) is 22.3 Å². The summed E-state index contributed by atoms with van der Waals surface area (Å²) >= 11 is 3.47. The highest BCUT2D eigenvalue weighted by molar-refractivity contribution is 9.10. The first-order valence-electron chi connectivity index (χ1n) is 5.80. The highest BCUT2D eigenvalue weighted by Crippen LogP contribution is 2.29. The van der Waals surface area contributed by atoms with Crippen LogP contribution in [0.15, 0.2) is 22.7 Å². The second-order valence-corrected chi connectivity index (χ2v) is 4.64. The number of ether oxygens (including phenoxy) is 2. The van der Waals surface area contributed by atoms with Crippen molar-refractivity contribution in [1.82, 2.24) is 5.32 Å². The molecule has 1 N–H and O–H groups in total. The van der Waals surface area contributed by atoms with E-state index in [1.165, 1.54) is 7.11 Å². The van der Waals surface area contributed by atoms with Crippen LogP contribution in [0.1, 0.15) is 18.4 Å². The highest BCUT2D eigenvalue weighted by Gasteiger charge is 2.08. The molecule has 100 valence electrons. The molecule has 1 aromatic rings. The number of benzene rings is 1. The van der Waals surface area contributed by atoms with Crippen LogP contribution in [0, 0.1) is 0 Å². The van der Waals surface area contributed by atoms with Crippen LogP contribution >= 0.6 is 15.9 Å². The average Bonchev–Trinajstić information content (AvgIpc) is 2.37. The van der Waals surface area contributed by atoms with Crippen LogP contribution in [-0.2, 0) is 16.1 Å². The van der Waals surface area contributed by atoms with Gasteiger partial charge in [-0.3, -0.25) is 4.79 Å². The molecule has 0 saturated heterocycles. The molecule has 4 nitrogen and oxygen atoms in total. The van der Waals surface area contributed by atoms with E-state index in [1.807, 2.05) is 25.2 Å². The van der Waals surface area contributed by atoms with E-state index in [9.17, 15) is 4.79 Å². The zero-order chi connectivity index (χ0) is 13.4. The standard InChI is InChI=1S/C13H18BrNO3/c1-15-9-10-5-3-6-11(14)13(10)18-8-4-7-12(16)17-2/h3,5-6,15H,4,7-9H2,1-2H3. The predicted octanol–water partition coefficient (Wildman–Crippen LogP) is 2.50. The van der Waals surface area contributed by atoms with Gasteiger partial charge in [-0.25, -0.2) is 0 Å². The van der Waals surface area contributed by atoms with E-state index in [0.29, 0.717) is 19.4 Å². The number of para-hydroxylation sites is 1. The minimum absolute atomic E-state index is 0.207.